The Morgan fingerprint density at radius 2 is 1.74 bits per heavy atom. The summed E-state index contributed by atoms with van der Waals surface area (Å²) in [4.78, 5) is 44.0. The van der Waals surface area contributed by atoms with Gasteiger partial charge in [0.15, 0.2) is 16.3 Å². The highest BCUT2D eigenvalue weighted by atomic mass is 79.9. The number of methoxy groups -OCH3 is 3. The van der Waals surface area contributed by atoms with E-state index < -0.39 is 18.0 Å². The number of thiazole rings is 1. The smallest absolute Gasteiger partial charge is 0.338 e. The molecule has 0 saturated carbocycles. The fraction of sp³-hybridized carbons (Fsp3) is 0.226. The summed E-state index contributed by atoms with van der Waals surface area (Å²) in [7, 11) is 4.37. The van der Waals surface area contributed by atoms with Crippen LogP contribution in [0.15, 0.2) is 78.5 Å². The molecule has 0 fully saturated rings. The van der Waals surface area contributed by atoms with Crippen LogP contribution in [0.3, 0.4) is 0 Å². The van der Waals surface area contributed by atoms with Gasteiger partial charge >= 0.3 is 11.9 Å². The van der Waals surface area contributed by atoms with Gasteiger partial charge in [-0.3, -0.25) is 9.36 Å². The zero-order valence-electron chi connectivity index (χ0n) is 23.9. The monoisotopic (exact) mass is 666 g/mol. The molecule has 10 nitrogen and oxygen atoms in total. The molecule has 0 saturated heterocycles. The summed E-state index contributed by atoms with van der Waals surface area (Å²) in [5.74, 6) is 0.923. The van der Waals surface area contributed by atoms with Gasteiger partial charge in [-0.1, -0.05) is 39.4 Å². The standard InChI is InChI=1S/C31H27BrN2O8S/c1-6-41-30(37)26-16(2)33-31-34(27(26)20-14-23(38-3)24(39-4)15-21(20)32)28(35)25(43-31)13-19-11-12-22(42-19)17-7-9-18(10-8-17)29(36)40-5/h7-15,27H,6H2,1-5H3/b25-13-. The minimum absolute atomic E-state index is 0.159. The predicted molar refractivity (Wildman–Crippen MR) is 163 cm³/mol. The topological polar surface area (TPSA) is 119 Å². The molecular formula is C31H27BrN2O8S. The molecule has 0 aliphatic carbocycles. The first-order valence-corrected chi connectivity index (χ1v) is 14.7. The van der Waals surface area contributed by atoms with Gasteiger partial charge in [0.1, 0.15) is 11.5 Å². The van der Waals surface area contributed by atoms with Crippen LogP contribution in [0, 0.1) is 0 Å². The molecular weight excluding hydrogens is 640 g/mol. The van der Waals surface area contributed by atoms with Crippen molar-refractivity contribution in [2.75, 3.05) is 27.9 Å². The van der Waals surface area contributed by atoms with Crippen LogP contribution in [-0.2, 0) is 14.3 Å². The van der Waals surface area contributed by atoms with Crippen LogP contribution in [0.4, 0.5) is 0 Å². The van der Waals surface area contributed by atoms with E-state index in [0.717, 1.165) is 5.56 Å². The number of rotatable bonds is 8. The maximum Gasteiger partial charge on any atom is 0.338 e. The second kappa shape index (κ2) is 12.4. The van der Waals surface area contributed by atoms with Gasteiger partial charge in [-0.2, -0.15) is 0 Å². The summed E-state index contributed by atoms with van der Waals surface area (Å²) in [5.41, 5.74) is 2.09. The number of allylic oxidation sites excluding steroid dienone is 1. The van der Waals surface area contributed by atoms with E-state index in [0.29, 0.717) is 53.6 Å². The van der Waals surface area contributed by atoms with Crippen molar-refractivity contribution in [3.8, 4) is 22.8 Å². The molecule has 0 N–H and O–H groups in total. The third-order valence-electron chi connectivity index (χ3n) is 6.81. The Kier molecular flexibility index (Phi) is 8.69. The van der Waals surface area contributed by atoms with Crippen molar-refractivity contribution in [3.05, 3.63) is 101 Å². The summed E-state index contributed by atoms with van der Waals surface area (Å²) < 4.78 is 29.6. The largest absolute Gasteiger partial charge is 0.493 e. The molecule has 4 aromatic rings. The molecule has 3 heterocycles. The molecule has 0 bridgehead atoms. The van der Waals surface area contributed by atoms with Crippen LogP contribution < -0.4 is 24.4 Å². The number of esters is 2. The number of halogens is 1. The van der Waals surface area contributed by atoms with Crippen molar-refractivity contribution in [3.63, 3.8) is 0 Å². The number of fused-ring (bicyclic) bond motifs is 1. The number of hydrogen-bond donors (Lipinski definition) is 0. The van der Waals surface area contributed by atoms with E-state index in [4.69, 9.17) is 23.4 Å². The summed E-state index contributed by atoms with van der Waals surface area (Å²) in [6.45, 7) is 3.59. The number of nitrogens with zero attached hydrogens (tertiary/aromatic N) is 2. The van der Waals surface area contributed by atoms with E-state index >= 15 is 0 Å². The van der Waals surface area contributed by atoms with Crippen molar-refractivity contribution in [2.24, 2.45) is 4.99 Å². The first kappa shape index (κ1) is 30.1. The van der Waals surface area contributed by atoms with Gasteiger partial charge in [-0.15, -0.1) is 0 Å². The highest BCUT2D eigenvalue weighted by Crippen LogP contribution is 2.40. The molecule has 1 atom stereocenters. The van der Waals surface area contributed by atoms with Crippen LogP contribution in [-0.4, -0.2) is 44.4 Å². The second-order valence-corrected chi connectivity index (χ2v) is 11.2. The Bertz CT molecular complexity index is 1940. The quantitative estimate of drug-likeness (QED) is 0.250. The Labute approximate surface area is 258 Å². The maximum atomic E-state index is 14.0. The van der Waals surface area contributed by atoms with Gasteiger partial charge in [-0.25, -0.2) is 14.6 Å². The number of carbonyl (C=O) groups is 2. The molecule has 5 rings (SSSR count). The average molecular weight is 668 g/mol. The van der Waals surface area contributed by atoms with Crippen LogP contribution >= 0.6 is 27.3 Å². The van der Waals surface area contributed by atoms with Crippen molar-refractivity contribution in [1.82, 2.24) is 4.57 Å². The highest BCUT2D eigenvalue weighted by Gasteiger charge is 2.35. The minimum Gasteiger partial charge on any atom is -0.493 e. The molecule has 2 aromatic heterocycles. The molecule has 1 aliphatic rings. The maximum absolute atomic E-state index is 14.0. The van der Waals surface area contributed by atoms with Crippen molar-refractivity contribution in [1.29, 1.82) is 0 Å². The fourth-order valence-electron chi connectivity index (χ4n) is 4.77. The lowest BCUT2D eigenvalue weighted by Crippen LogP contribution is -2.40. The molecule has 43 heavy (non-hydrogen) atoms. The van der Waals surface area contributed by atoms with Crippen LogP contribution in [0.1, 0.15) is 41.6 Å². The van der Waals surface area contributed by atoms with Crippen LogP contribution in [0.25, 0.3) is 17.4 Å². The molecule has 1 aliphatic heterocycles. The molecule has 0 amide bonds. The summed E-state index contributed by atoms with van der Waals surface area (Å²) in [6.07, 6.45) is 1.64. The van der Waals surface area contributed by atoms with E-state index in [1.807, 2.05) is 0 Å². The minimum atomic E-state index is -0.855. The van der Waals surface area contributed by atoms with Crippen molar-refractivity contribution < 1.29 is 33.0 Å². The lowest BCUT2D eigenvalue weighted by molar-refractivity contribution is -0.139. The Morgan fingerprint density at radius 1 is 1.05 bits per heavy atom. The van der Waals surface area contributed by atoms with E-state index in [2.05, 4.69) is 20.9 Å². The SMILES string of the molecule is CCOC(=O)C1=C(C)N=c2s/c(=C\c3ccc(-c4ccc(C(=O)OC)cc4)o3)c(=O)n2C1c1cc(OC)c(OC)cc1Br. The van der Waals surface area contributed by atoms with E-state index in [1.165, 1.54) is 37.2 Å². The van der Waals surface area contributed by atoms with Gasteiger partial charge in [0.05, 0.1) is 55.3 Å². The fourth-order valence-corrected chi connectivity index (χ4v) is 6.33. The third-order valence-corrected chi connectivity index (χ3v) is 8.47. The lowest BCUT2D eigenvalue weighted by Gasteiger charge is -2.26. The summed E-state index contributed by atoms with van der Waals surface area (Å²) in [5, 5.41) is 0. The van der Waals surface area contributed by atoms with Crippen LogP contribution in [0.2, 0.25) is 0 Å². The normalized spacial score (nSPS) is 14.7. The van der Waals surface area contributed by atoms with Gasteiger partial charge in [0.2, 0.25) is 0 Å². The number of furan rings is 1. The zero-order valence-corrected chi connectivity index (χ0v) is 26.3. The molecule has 12 heteroatoms. The number of aromatic nitrogens is 1. The Morgan fingerprint density at radius 3 is 2.40 bits per heavy atom. The zero-order chi connectivity index (χ0) is 30.8. The molecule has 1 unspecified atom stereocenters. The summed E-state index contributed by atoms with van der Waals surface area (Å²) >= 11 is 4.78. The molecule has 0 spiro atoms. The Hall–Kier alpha value is -4.42. The molecule has 222 valence electrons. The van der Waals surface area contributed by atoms with Gasteiger partial charge in [-0.05, 0) is 55.8 Å². The van der Waals surface area contributed by atoms with E-state index in [1.54, 1.807) is 68.5 Å². The highest BCUT2D eigenvalue weighted by molar-refractivity contribution is 9.10. The lowest BCUT2D eigenvalue weighted by atomic mass is 9.95. The third kappa shape index (κ3) is 5.67. The van der Waals surface area contributed by atoms with Gasteiger partial charge in [0.25, 0.3) is 5.56 Å². The number of ether oxygens (including phenoxy) is 4. The predicted octanol–water partition coefficient (Wildman–Crippen LogP) is 4.62. The first-order chi connectivity index (χ1) is 20.7. The van der Waals surface area contributed by atoms with Gasteiger partial charge in [0, 0.05) is 16.1 Å². The molecule has 2 aromatic carbocycles. The van der Waals surface area contributed by atoms with Crippen LogP contribution in [0.5, 0.6) is 11.5 Å². The van der Waals surface area contributed by atoms with Crippen molar-refractivity contribution in [2.45, 2.75) is 19.9 Å². The van der Waals surface area contributed by atoms with E-state index in [-0.39, 0.29) is 17.7 Å². The number of carbonyl (C=O) groups excluding carboxylic acids is 2. The number of benzene rings is 2. The summed E-state index contributed by atoms with van der Waals surface area (Å²) in [6, 6.07) is 12.9. The second-order valence-electron chi connectivity index (χ2n) is 9.30. The van der Waals surface area contributed by atoms with E-state index in [9.17, 15) is 14.4 Å². The molecule has 0 radical (unpaired) electrons. The average Bonchev–Trinajstić information content (AvgIpc) is 3.60. The van der Waals surface area contributed by atoms with Crippen molar-refractivity contribution >= 4 is 45.3 Å². The number of hydrogen-bond acceptors (Lipinski definition) is 10. The van der Waals surface area contributed by atoms with Gasteiger partial charge < -0.3 is 23.4 Å². The Balaban J connectivity index is 1.62. The first-order valence-electron chi connectivity index (χ1n) is 13.1.